The van der Waals surface area contributed by atoms with Crippen LogP contribution in [0.25, 0.3) is 77.0 Å². The third-order valence-electron chi connectivity index (χ3n) is 8.27. The highest BCUT2D eigenvalue weighted by atomic mass is 15.0. The van der Waals surface area contributed by atoms with Crippen molar-refractivity contribution in [3.63, 3.8) is 0 Å². The first-order valence-corrected chi connectivity index (χ1v) is 13.7. The molecule has 0 saturated heterocycles. The van der Waals surface area contributed by atoms with E-state index in [0.29, 0.717) is 0 Å². The van der Waals surface area contributed by atoms with Gasteiger partial charge in [0.2, 0.25) is 0 Å². The smallest absolute Gasteiger partial charge is 0.146 e. The summed E-state index contributed by atoms with van der Waals surface area (Å²) in [6, 6.07) is 50.0. The first-order valence-electron chi connectivity index (χ1n) is 13.7. The van der Waals surface area contributed by atoms with E-state index in [1.807, 2.05) is 0 Å². The lowest BCUT2D eigenvalue weighted by atomic mass is 10.00. The fraction of sp³-hybridized carbons (Fsp3) is 0. The summed E-state index contributed by atoms with van der Waals surface area (Å²) in [5, 5.41) is 6.18. The molecule has 40 heavy (non-hydrogen) atoms. The van der Waals surface area contributed by atoms with Gasteiger partial charge in [-0.25, -0.2) is 4.98 Å². The molecule has 0 bridgehead atoms. The summed E-state index contributed by atoms with van der Waals surface area (Å²) in [6.45, 7) is 0. The SMILES string of the molecule is c1ccc(-c2cccc(-n3c4ccccc4c4c5c6ccccc6n6c7ccccc7nc6c5ccc43)c2)cc1. The van der Waals surface area contributed by atoms with Crippen molar-refractivity contribution in [1.29, 1.82) is 0 Å². The zero-order valence-electron chi connectivity index (χ0n) is 21.6. The van der Waals surface area contributed by atoms with Crippen molar-refractivity contribution in [2.45, 2.75) is 0 Å². The van der Waals surface area contributed by atoms with Gasteiger partial charge >= 0.3 is 0 Å². The van der Waals surface area contributed by atoms with E-state index in [-0.39, 0.29) is 0 Å². The molecule has 3 heteroatoms. The van der Waals surface area contributed by atoms with Crippen LogP contribution in [0.3, 0.4) is 0 Å². The highest BCUT2D eigenvalue weighted by Crippen LogP contribution is 2.42. The predicted molar refractivity (Wildman–Crippen MR) is 167 cm³/mol. The maximum atomic E-state index is 5.15. The number of fused-ring (bicyclic) bond motifs is 12. The van der Waals surface area contributed by atoms with E-state index in [1.54, 1.807) is 0 Å². The molecular weight excluding hydrogens is 486 g/mol. The standard InChI is InChI=1S/C37H23N3/c1-2-11-24(12-3-1)25-13-10-14-26(23-25)39-31-18-7-5-16-28(31)36-34(39)22-21-29-35(36)27-15-4-8-19-32(27)40-33-20-9-6-17-30(33)38-37(29)40/h1-23H. The maximum absolute atomic E-state index is 5.15. The number of hydrogen-bond donors (Lipinski definition) is 0. The summed E-state index contributed by atoms with van der Waals surface area (Å²) >= 11 is 0. The van der Waals surface area contributed by atoms with Crippen molar-refractivity contribution in [2.24, 2.45) is 0 Å². The number of nitrogens with zero attached hydrogens (tertiary/aromatic N) is 3. The molecule has 0 fully saturated rings. The van der Waals surface area contributed by atoms with E-state index in [0.717, 1.165) is 22.4 Å². The normalized spacial score (nSPS) is 12.0. The number of rotatable bonds is 2. The minimum atomic E-state index is 1.000. The van der Waals surface area contributed by atoms with Gasteiger partial charge in [-0.05, 0) is 59.7 Å². The Bertz CT molecular complexity index is 2430. The molecule has 3 aromatic heterocycles. The molecule has 0 atom stereocenters. The van der Waals surface area contributed by atoms with Crippen LogP contribution in [0.15, 0.2) is 140 Å². The largest absolute Gasteiger partial charge is 0.309 e. The summed E-state index contributed by atoms with van der Waals surface area (Å²) in [5.41, 5.74) is 10.3. The monoisotopic (exact) mass is 509 g/mol. The topological polar surface area (TPSA) is 22.2 Å². The molecule has 0 aliphatic carbocycles. The Morgan fingerprint density at radius 2 is 1.10 bits per heavy atom. The van der Waals surface area contributed by atoms with Crippen LogP contribution in [-0.4, -0.2) is 14.0 Å². The third-order valence-corrected chi connectivity index (χ3v) is 8.27. The zero-order chi connectivity index (χ0) is 26.2. The van der Waals surface area contributed by atoms with Gasteiger partial charge < -0.3 is 4.57 Å². The molecule has 0 amide bonds. The van der Waals surface area contributed by atoms with E-state index in [9.17, 15) is 0 Å². The Morgan fingerprint density at radius 3 is 1.95 bits per heavy atom. The Labute approximate surface area is 230 Å². The molecule has 0 aliphatic heterocycles. The Balaban J connectivity index is 1.47. The van der Waals surface area contributed by atoms with E-state index >= 15 is 0 Å². The maximum Gasteiger partial charge on any atom is 0.146 e. The van der Waals surface area contributed by atoms with E-state index in [2.05, 4.69) is 148 Å². The van der Waals surface area contributed by atoms with Gasteiger partial charge in [0.25, 0.3) is 0 Å². The Morgan fingerprint density at radius 1 is 0.425 bits per heavy atom. The van der Waals surface area contributed by atoms with Gasteiger partial charge in [-0.15, -0.1) is 0 Å². The lowest BCUT2D eigenvalue weighted by Crippen LogP contribution is -1.95. The molecular formula is C37H23N3. The molecule has 9 rings (SSSR count). The predicted octanol–water partition coefficient (Wildman–Crippen LogP) is 9.56. The van der Waals surface area contributed by atoms with Crippen LogP contribution >= 0.6 is 0 Å². The molecule has 186 valence electrons. The Kier molecular flexibility index (Phi) is 4.33. The molecule has 0 unspecified atom stereocenters. The summed E-state index contributed by atoms with van der Waals surface area (Å²) in [7, 11) is 0. The highest BCUT2D eigenvalue weighted by Gasteiger charge is 2.20. The molecule has 0 radical (unpaired) electrons. The van der Waals surface area contributed by atoms with Crippen molar-refractivity contribution >= 4 is 60.2 Å². The number of para-hydroxylation sites is 4. The van der Waals surface area contributed by atoms with Crippen molar-refractivity contribution in [3.05, 3.63) is 140 Å². The van der Waals surface area contributed by atoms with Gasteiger partial charge in [-0.1, -0.05) is 91.0 Å². The Hall–Kier alpha value is -5.41. The fourth-order valence-electron chi connectivity index (χ4n) is 6.59. The average molecular weight is 510 g/mol. The average Bonchev–Trinajstić information content (AvgIpc) is 3.58. The lowest BCUT2D eigenvalue weighted by molar-refractivity contribution is 1.18. The third kappa shape index (κ3) is 2.86. The number of aromatic nitrogens is 3. The van der Waals surface area contributed by atoms with Crippen LogP contribution < -0.4 is 0 Å². The van der Waals surface area contributed by atoms with Gasteiger partial charge in [0, 0.05) is 32.6 Å². The van der Waals surface area contributed by atoms with Crippen molar-refractivity contribution in [2.75, 3.05) is 0 Å². The fourth-order valence-corrected chi connectivity index (χ4v) is 6.59. The number of imidazole rings is 1. The molecule has 3 nitrogen and oxygen atoms in total. The van der Waals surface area contributed by atoms with Gasteiger partial charge in [-0.2, -0.15) is 0 Å². The van der Waals surface area contributed by atoms with Crippen molar-refractivity contribution in [3.8, 4) is 16.8 Å². The van der Waals surface area contributed by atoms with Gasteiger partial charge in [0.05, 0.1) is 27.6 Å². The van der Waals surface area contributed by atoms with Crippen LogP contribution in [0.1, 0.15) is 0 Å². The van der Waals surface area contributed by atoms with Crippen LogP contribution in [0.4, 0.5) is 0 Å². The summed E-state index contributed by atoms with van der Waals surface area (Å²) in [5.74, 6) is 0. The van der Waals surface area contributed by atoms with Crippen LogP contribution in [-0.2, 0) is 0 Å². The lowest BCUT2D eigenvalue weighted by Gasteiger charge is -2.12. The molecule has 3 heterocycles. The quantitative estimate of drug-likeness (QED) is 0.213. The second-order valence-corrected chi connectivity index (χ2v) is 10.4. The molecule has 0 aliphatic rings. The van der Waals surface area contributed by atoms with Crippen molar-refractivity contribution < 1.29 is 0 Å². The molecule has 0 saturated carbocycles. The summed E-state index contributed by atoms with van der Waals surface area (Å²) in [6.07, 6.45) is 0. The highest BCUT2D eigenvalue weighted by molar-refractivity contribution is 6.30. The van der Waals surface area contributed by atoms with E-state index in [4.69, 9.17) is 4.98 Å². The van der Waals surface area contributed by atoms with Crippen LogP contribution in [0.2, 0.25) is 0 Å². The minimum absolute atomic E-state index is 1.000. The van der Waals surface area contributed by atoms with Crippen LogP contribution in [0.5, 0.6) is 0 Å². The van der Waals surface area contributed by atoms with Gasteiger partial charge in [0.15, 0.2) is 0 Å². The second kappa shape index (κ2) is 8.05. The summed E-state index contributed by atoms with van der Waals surface area (Å²) < 4.78 is 4.74. The van der Waals surface area contributed by atoms with Crippen molar-refractivity contribution in [1.82, 2.24) is 14.0 Å². The molecule has 6 aromatic carbocycles. The number of benzene rings is 6. The minimum Gasteiger partial charge on any atom is -0.309 e. The zero-order valence-corrected chi connectivity index (χ0v) is 21.6. The van der Waals surface area contributed by atoms with Crippen LogP contribution in [0, 0.1) is 0 Å². The molecule has 0 N–H and O–H groups in total. The van der Waals surface area contributed by atoms with E-state index in [1.165, 1.54) is 54.6 Å². The van der Waals surface area contributed by atoms with Gasteiger partial charge in [-0.3, -0.25) is 4.40 Å². The van der Waals surface area contributed by atoms with Gasteiger partial charge in [0.1, 0.15) is 5.65 Å². The number of pyridine rings is 1. The molecule has 9 aromatic rings. The molecule has 0 spiro atoms. The summed E-state index contributed by atoms with van der Waals surface area (Å²) in [4.78, 5) is 5.15. The second-order valence-electron chi connectivity index (χ2n) is 10.4. The first-order chi connectivity index (χ1) is 19.9. The first kappa shape index (κ1) is 21.5. The number of hydrogen-bond acceptors (Lipinski definition) is 1. The van der Waals surface area contributed by atoms with E-state index < -0.39 is 0 Å².